The predicted octanol–water partition coefficient (Wildman–Crippen LogP) is 6.42. The summed E-state index contributed by atoms with van der Waals surface area (Å²) >= 11 is 12.4. The van der Waals surface area contributed by atoms with Crippen molar-refractivity contribution in [2.45, 2.75) is 26.0 Å². The summed E-state index contributed by atoms with van der Waals surface area (Å²) in [6, 6.07) is 17.4. The molecule has 1 aliphatic rings. The van der Waals surface area contributed by atoms with Crippen molar-refractivity contribution in [2.24, 2.45) is 0 Å². The Balaban J connectivity index is 1.92. The van der Waals surface area contributed by atoms with Crippen molar-refractivity contribution in [1.82, 2.24) is 0 Å². The number of carbonyl (C=O) groups excluding carboxylic acids is 2. The van der Waals surface area contributed by atoms with Gasteiger partial charge in [-0.25, -0.2) is 0 Å². The third kappa shape index (κ3) is 4.72. The maximum absolute atomic E-state index is 13.3. The Kier molecular flexibility index (Phi) is 7.05. The molecule has 1 unspecified atom stereocenters. The highest BCUT2D eigenvalue weighted by Gasteiger charge is 2.47. The third-order valence-electron chi connectivity index (χ3n) is 5.55. The van der Waals surface area contributed by atoms with E-state index in [1.54, 1.807) is 66.7 Å². The normalized spacial score (nSPS) is 17.2. The zero-order valence-corrected chi connectivity index (χ0v) is 20.8. The van der Waals surface area contributed by atoms with Crippen molar-refractivity contribution < 1.29 is 24.2 Å². The monoisotopic (exact) mass is 511 g/mol. The lowest BCUT2D eigenvalue weighted by molar-refractivity contribution is -0.132. The molecule has 1 heterocycles. The van der Waals surface area contributed by atoms with E-state index in [1.165, 1.54) is 12.0 Å². The number of nitrogens with zero attached hydrogens (tertiary/aromatic N) is 1. The Bertz CT molecular complexity index is 1320. The number of ether oxygens (including phenoxy) is 2. The summed E-state index contributed by atoms with van der Waals surface area (Å²) in [5, 5.41) is 12.0. The Hall–Kier alpha value is -3.48. The summed E-state index contributed by atoms with van der Waals surface area (Å²) in [6.07, 6.45) is -0.0892. The number of carbonyl (C=O) groups is 2. The molecule has 0 bridgehead atoms. The fraction of sp³-hybridized carbons (Fsp3) is 0.185. The van der Waals surface area contributed by atoms with E-state index >= 15 is 0 Å². The van der Waals surface area contributed by atoms with Crippen LogP contribution in [-0.2, 0) is 9.59 Å². The third-order valence-corrected chi connectivity index (χ3v) is 6.13. The number of Topliss-reactive ketones (excluding diaryl/α,β-unsaturated/α-hetero) is 1. The fourth-order valence-corrected chi connectivity index (χ4v) is 4.37. The van der Waals surface area contributed by atoms with Gasteiger partial charge in [0.1, 0.15) is 5.76 Å². The summed E-state index contributed by atoms with van der Waals surface area (Å²) < 4.78 is 11.3. The van der Waals surface area contributed by atoms with Crippen molar-refractivity contribution in [1.29, 1.82) is 0 Å². The lowest BCUT2D eigenvalue weighted by atomic mass is 9.95. The number of rotatable bonds is 6. The molecular weight excluding hydrogens is 489 g/mol. The van der Waals surface area contributed by atoms with Gasteiger partial charge in [0.2, 0.25) is 0 Å². The minimum absolute atomic E-state index is 0.0769. The van der Waals surface area contributed by atoms with Gasteiger partial charge in [-0.1, -0.05) is 47.5 Å². The van der Waals surface area contributed by atoms with Gasteiger partial charge in [0.25, 0.3) is 11.7 Å². The van der Waals surface area contributed by atoms with Gasteiger partial charge in [0.05, 0.1) is 29.9 Å². The number of hydrogen-bond donors (Lipinski definition) is 1. The van der Waals surface area contributed by atoms with Crippen LogP contribution in [0.4, 0.5) is 5.69 Å². The topological polar surface area (TPSA) is 76.1 Å². The quantitative estimate of drug-likeness (QED) is 0.235. The highest BCUT2D eigenvalue weighted by atomic mass is 35.5. The summed E-state index contributed by atoms with van der Waals surface area (Å²) in [7, 11) is 1.49. The summed E-state index contributed by atoms with van der Waals surface area (Å²) in [6.45, 7) is 3.78. The van der Waals surface area contributed by atoms with E-state index in [-0.39, 0.29) is 28.0 Å². The molecule has 1 N–H and O–H groups in total. The van der Waals surface area contributed by atoms with Crippen LogP contribution in [0.25, 0.3) is 5.76 Å². The zero-order valence-electron chi connectivity index (χ0n) is 19.3. The van der Waals surface area contributed by atoms with Crippen LogP contribution in [0.15, 0.2) is 72.3 Å². The molecule has 0 aliphatic carbocycles. The molecule has 35 heavy (non-hydrogen) atoms. The highest BCUT2D eigenvalue weighted by molar-refractivity contribution is 6.52. The second-order valence-corrected chi connectivity index (χ2v) is 9.05. The minimum Gasteiger partial charge on any atom is -0.507 e. The molecule has 0 aromatic heterocycles. The lowest BCUT2D eigenvalue weighted by Gasteiger charge is -2.26. The molecule has 0 spiro atoms. The number of halogens is 2. The van der Waals surface area contributed by atoms with E-state index in [2.05, 4.69) is 0 Å². The molecule has 0 radical (unpaired) electrons. The standard InChI is InChI=1S/C27H23Cl2NO5/c1-15(2)35-21-13-12-18(14-22(21)34-3)30-24(16-8-10-17(28)11-9-16)23(26(32)27(30)33)25(31)19-6-4-5-7-20(19)29/h4-15,24,31H,1-3H3. The van der Waals surface area contributed by atoms with Crippen molar-refractivity contribution in [3.63, 3.8) is 0 Å². The van der Waals surface area contributed by atoms with E-state index in [0.717, 1.165) is 0 Å². The summed E-state index contributed by atoms with van der Waals surface area (Å²) in [5.74, 6) is -1.08. The van der Waals surface area contributed by atoms with Crippen LogP contribution in [0.1, 0.15) is 31.0 Å². The van der Waals surface area contributed by atoms with Gasteiger partial charge < -0.3 is 14.6 Å². The molecule has 1 amide bonds. The maximum Gasteiger partial charge on any atom is 0.300 e. The van der Waals surface area contributed by atoms with Gasteiger partial charge in [0.15, 0.2) is 11.5 Å². The number of hydrogen-bond acceptors (Lipinski definition) is 5. The SMILES string of the molecule is COc1cc(N2C(=O)C(=O)C(=C(O)c3ccccc3Cl)C2c2ccc(Cl)cc2)ccc1OC(C)C. The molecule has 0 saturated carbocycles. The molecule has 6 nitrogen and oxygen atoms in total. The molecular formula is C27H23Cl2NO5. The molecule has 3 aromatic rings. The number of amides is 1. The Morgan fingerprint density at radius 3 is 2.29 bits per heavy atom. The van der Waals surface area contributed by atoms with Crippen LogP contribution in [0, 0.1) is 0 Å². The highest BCUT2D eigenvalue weighted by Crippen LogP contribution is 2.45. The van der Waals surface area contributed by atoms with E-state index in [1.807, 2.05) is 13.8 Å². The number of methoxy groups -OCH3 is 1. The van der Waals surface area contributed by atoms with E-state index in [9.17, 15) is 14.7 Å². The van der Waals surface area contributed by atoms with E-state index in [0.29, 0.717) is 27.8 Å². The van der Waals surface area contributed by atoms with Crippen LogP contribution < -0.4 is 14.4 Å². The Morgan fingerprint density at radius 1 is 0.971 bits per heavy atom. The first kappa shape index (κ1) is 24.6. The molecule has 1 fully saturated rings. The summed E-state index contributed by atoms with van der Waals surface area (Å²) in [4.78, 5) is 28.0. The number of benzene rings is 3. The summed E-state index contributed by atoms with van der Waals surface area (Å²) in [5.41, 5.74) is 1.16. The largest absolute Gasteiger partial charge is 0.507 e. The fourth-order valence-electron chi connectivity index (χ4n) is 4.02. The van der Waals surface area contributed by atoms with Crippen LogP contribution in [0.2, 0.25) is 10.0 Å². The van der Waals surface area contributed by atoms with Crippen LogP contribution >= 0.6 is 23.2 Å². The van der Waals surface area contributed by atoms with E-state index in [4.69, 9.17) is 32.7 Å². The molecule has 1 atom stereocenters. The second kappa shape index (κ2) is 10.0. The molecule has 180 valence electrons. The van der Waals surface area contributed by atoms with Crippen molar-refractivity contribution in [3.8, 4) is 11.5 Å². The van der Waals surface area contributed by atoms with Gasteiger partial charge in [-0.2, -0.15) is 0 Å². The molecule has 4 rings (SSSR count). The van der Waals surface area contributed by atoms with Crippen molar-refractivity contribution in [2.75, 3.05) is 12.0 Å². The van der Waals surface area contributed by atoms with Gasteiger partial charge in [0, 0.05) is 22.3 Å². The Morgan fingerprint density at radius 2 is 1.66 bits per heavy atom. The number of ketones is 1. The molecule has 1 saturated heterocycles. The zero-order chi connectivity index (χ0) is 25.3. The lowest BCUT2D eigenvalue weighted by Crippen LogP contribution is -2.29. The Labute approximate surface area is 213 Å². The molecule has 1 aliphatic heterocycles. The minimum atomic E-state index is -0.926. The first-order valence-electron chi connectivity index (χ1n) is 10.9. The average Bonchev–Trinajstić information content (AvgIpc) is 3.10. The van der Waals surface area contributed by atoms with Gasteiger partial charge in [-0.15, -0.1) is 0 Å². The van der Waals surface area contributed by atoms with E-state index < -0.39 is 17.7 Å². The predicted molar refractivity (Wildman–Crippen MR) is 136 cm³/mol. The first-order valence-corrected chi connectivity index (χ1v) is 11.6. The van der Waals surface area contributed by atoms with Gasteiger partial charge in [-0.3, -0.25) is 14.5 Å². The van der Waals surface area contributed by atoms with Crippen LogP contribution in [0.5, 0.6) is 11.5 Å². The van der Waals surface area contributed by atoms with Crippen LogP contribution in [0.3, 0.4) is 0 Å². The van der Waals surface area contributed by atoms with Gasteiger partial charge >= 0.3 is 0 Å². The molecule has 3 aromatic carbocycles. The maximum atomic E-state index is 13.3. The molecule has 8 heteroatoms. The average molecular weight is 512 g/mol. The number of aliphatic hydroxyl groups excluding tert-OH is 1. The second-order valence-electron chi connectivity index (χ2n) is 8.20. The first-order chi connectivity index (χ1) is 16.7. The van der Waals surface area contributed by atoms with Crippen molar-refractivity contribution >= 4 is 46.3 Å². The smallest absolute Gasteiger partial charge is 0.300 e. The van der Waals surface area contributed by atoms with Gasteiger partial charge in [-0.05, 0) is 55.8 Å². The number of anilines is 1. The van der Waals surface area contributed by atoms with Crippen LogP contribution in [-0.4, -0.2) is 30.0 Å². The number of aliphatic hydroxyl groups is 1. The van der Waals surface area contributed by atoms with Crippen molar-refractivity contribution in [3.05, 3.63) is 93.5 Å².